The van der Waals surface area contributed by atoms with Crippen LogP contribution in [0.1, 0.15) is 0 Å². The van der Waals surface area contributed by atoms with E-state index in [0.29, 0.717) is 6.07 Å². The van der Waals surface area contributed by atoms with Gasteiger partial charge in [-0.15, -0.1) is 0 Å². The largest absolute Gasteiger partial charge is 0.494 e. The molecule has 6 heteroatoms. The van der Waals surface area contributed by atoms with Crippen LogP contribution in [0.2, 0.25) is 0 Å². The summed E-state index contributed by atoms with van der Waals surface area (Å²) < 4.78 is 35.1. The first kappa shape index (κ1) is 10.9. The summed E-state index contributed by atoms with van der Waals surface area (Å²) in [5.41, 5.74) is -0.0764. The van der Waals surface area contributed by atoms with E-state index in [1.54, 1.807) is 0 Å². The smallest absolute Gasteiger partial charge is 0.494 e. The van der Waals surface area contributed by atoms with Crippen LogP contribution in [0.25, 0.3) is 0 Å². The molecule has 0 fully saturated rings. The van der Waals surface area contributed by atoms with Gasteiger partial charge in [0.25, 0.3) is 0 Å². The lowest BCUT2D eigenvalue weighted by molar-refractivity contribution is 0.335. The first-order chi connectivity index (χ1) is 6.60. The van der Waals surface area contributed by atoms with Gasteiger partial charge < -0.3 is 14.4 Å². The molecule has 0 spiro atoms. The number of methoxy groups -OCH3 is 1. The lowest BCUT2D eigenvalue weighted by atomic mass is 9.78. The van der Waals surface area contributed by atoms with Crippen LogP contribution in [0.3, 0.4) is 0 Å². The van der Waals surface area contributed by atoms with Crippen molar-refractivity contribution in [3.63, 3.8) is 0 Å². The van der Waals surface area contributed by atoms with Gasteiger partial charge in [0, 0.05) is 18.6 Å². The highest BCUT2D eigenvalue weighted by Gasteiger charge is 2.23. The van der Waals surface area contributed by atoms with Crippen LogP contribution < -0.4 is 10.2 Å². The van der Waals surface area contributed by atoms with E-state index in [1.165, 1.54) is 14.2 Å². The van der Waals surface area contributed by atoms with E-state index in [1.807, 2.05) is 0 Å². The van der Waals surface area contributed by atoms with Crippen LogP contribution in [0.4, 0.5) is 8.78 Å². The van der Waals surface area contributed by atoms with Gasteiger partial charge in [-0.1, -0.05) is 0 Å². The molecule has 0 saturated carbocycles. The minimum absolute atomic E-state index is 0.0764. The lowest BCUT2D eigenvalue weighted by Crippen LogP contribution is -2.34. The van der Waals surface area contributed by atoms with Crippen molar-refractivity contribution in [3.8, 4) is 5.75 Å². The molecular weight excluding hydrogens is 193 g/mol. The molecule has 0 amide bonds. The zero-order valence-corrected chi connectivity index (χ0v) is 7.75. The standard InChI is InChI=1S/C8H9BF2O3/c1-13-8-6(9(12)14-2)3-5(10)4-7(8)11/h3-4,12H,1-2H3. The van der Waals surface area contributed by atoms with E-state index in [4.69, 9.17) is 0 Å². The average Bonchev–Trinajstić information content (AvgIpc) is 2.15. The number of benzene rings is 1. The number of rotatable bonds is 3. The van der Waals surface area contributed by atoms with Crippen molar-refractivity contribution < 1.29 is 23.2 Å². The van der Waals surface area contributed by atoms with E-state index in [0.717, 1.165) is 6.07 Å². The maximum atomic E-state index is 13.1. The Morgan fingerprint density at radius 1 is 1.29 bits per heavy atom. The molecule has 0 heterocycles. The molecule has 3 nitrogen and oxygen atoms in total. The molecule has 1 aromatic rings. The molecule has 0 saturated heterocycles. The summed E-state index contributed by atoms with van der Waals surface area (Å²) in [6.45, 7) is 0. The molecule has 0 aliphatic rings. The van der Waals surface area contributed by atoms with E-state index < -0.39 is 18.8 Å². The Bertz CT molecular complexity index is 333. The molecule has 0 aliphatic carbocycles. The first-order valence-corrected chi connectivity index (χ1v) is 3.84. The molecule has 76 valence electrons. The number of hydrogen-bond acceptors (Lipinski definition) is 3. The summed E-state index contributed by atoms with van der Waals surface area (Å²) in [5, 5.41) is 9.25. The van der Waals surface area contributed by atoms with Gasteiger partial charge in [-0.3, -0.25) is 0 Å². The lowest BCUT2D eigenvalue weighted by Gasteiger charge is -2.10. The Labute approximate surface area is 80.4 Å². The van der Waals surface area contributed by atoms with E-state index in [2.05, 4.69) is 9.39 Å². The molecule has 0 unspecified atom stereocenters. The Kier molecular flexibility index (Phi) is 3.43. The summed E-state index contributed by atoms with van der Waals surface area (Å²) in [5.74, 6) is -1.89. The molecule has 1 N–H and O–H groups in total. The first-order valence-electron chi connectivity index (χ1n) is 3.84. The summed E-state index contributed by atoms with van der Waals surface area (Å²) in [6, 6.07) is 1.63. The molecule has 1 aromatic carbocycles. The second-order valence-electron chi connectivity index (χ2n) is 2.60. The normalized spacial score (nSPS) is 10.1. The number of halogens is 2. The molecule has 14 heavy (non-hydrogen) atoms. The zero-order valence-electron chi connectivity index (χ0n) is 7.75. The van der Waals surface area contributed by atoms with Crippen molar-refractivity contribution >= 4 is 12.6 Å². The highest BCUT2D eigenvalue weighted by molar-refractivity contribution is 6.61. The average molecular weight is 202 g/mol. The Morgan fingerprint density at radius 2 is 1.93 bits per heavy atom. The van der Waals surface area contributed by atoms with Crippen LogP contribution >= 0.6 is 0 Å². The number of ether oxygens (including phenoxy) is 1. The number of hydrogen-bond donors (Lipinski definition) is 1. The predicted molar refractivity (Wildman–Crippen MR) is 47.5 cm³/mol. The van der Waals surface area contributed by atoms with Crippen molar-refractivity contribution in [1.82, 2.24) is 0 Å². The maximum Gasteiger partial charge on any atom is 0.494 e. The third kappa shape index (κ3) is 2.02. The zero-order chi connectivity index (χ0) is 10.7. The quantitative estimate of drug-likeness (QED) is 0.716. The maximum absolute atomic E-state index is 13.1. The van der Waals surface area contributed by atoms with Crippen LogP contribution in [0.5, 0.6) is 5.75 Å². The topological polar surface area (TPSA) is 38.7 Å². The fourth-order valence-corrected chi connectivity index (χ4v) is 1.11. The summed E-state index contributed by atoms with van der Waals surface area (Å²) in [6.07, 6.45) is 0. The molecular formula is C8H9BF2O3. The minimum atomic E-state index is -1.41. The highest BCUT2D eigenvalue weighted by Crippen LogP contribution is 2.15. The minimum Gasteiger partial charge on any atom is -0.494 e. The molecule has 0 bridgehead atoms. The Balaban J connectivity index is 3.24. The Hall–Kier alpha value is -1.14. The van der Waals surface area contributed by atoms with Gasteiger partial charge in [0.05, 0.1) is 7.11 Å². The SMILES string of the molecule is COB(O)c1cc(F)cc(F)c1OC. The predicted octanol–water partition coefficient (Wildman–Crippen LogP) is 0.307. The van der Waals surface area contributed by atoms with Gasteiger partial charge in [-0.2, -0.15) is 0 Å². The van der Waals surface area contributed by atoms with Crippen LogP contribution in [-0.2, 0) is 4.65 Å². The van der Waals surface area contributed by atoms with E-state index in [-0.39, 0.29) is 11.2 Å². The molecule has 0 aromatic heterocycles. The fraction of sp³-hybridized carbons (Fsp3) is 0.250. The third-order valence-electron chi connectivity index (χ3n) is 1.73. The van der Waals surface area contributed by atoms with Gasteiger partial charge in [-0.25, -0.2) is 8.78 Å². The van der Waals surface area contributed by atoms with Crippen molar-refractivity contribution in [2.75, 3.05) is 14.2 Å². The molecule has 0 aliphatic heterocycles. The van der Waals surface area contributed by atoms with E-state index in [9.17, 15) is 13.8 Å². The Morgan fingerprint density at radius 3 is 2.43 bits per heavy atom. The van der Waals surface area contributed by atoms with E-state index >= 15 is 0 Å². The monoisotopic (exact) mass is 202 g/mol. The second-order valence-corrected chi connectivity index (χ2v) is 2.60. The third-order valence-corrected chi connectivity index (χ3v) is 1.73. The second kappa shape index (κ2) is 4.39. The van der Waals surface area contributed by atoms with Gasteiger partial charge in [0.2, 0.25) is 0 Å². The van der Waals surface area contributed by atoms with Crippen molar-refractivity contribution in [2.24, 2.45) is 0 Å². The highest BCUT2D eigenvalue weighted by atomic mass is 19.1. The van der Waals surface area contributed by atoms with Crippen molar-refractivity contribution in [1.29, 1.82) is 0 Å². The molecule has 0 atom stereocenters. The van der Waals surface area contributed by atoms with Gasteiger partial charge >= 0.3 is 7.12 Å². The van der Waals surface area contributed by atoms with Crippen molar-refractivity contribution in [2.45, 2.75) is 0 Å². The van der Waals surface area contributed by atoms with Crippen molar-refractivity contribution in [3.05, 3.63) is 23.8 Å². The summed E-state index contributed by atoms with van der Waals surface area (Å²) >= 11 is 0. The van der Waals surface area contributed by atoms with Crippen LogP contribution in [0, 0.1) is 11.6 Å². The van der Waals surface area contributed by atoms with Gasteiger partial charge in [0.15, 0.2) is 11.6 Å². The summed E-state index contributed by atoms with van der Waals surface area (Å²) in [7, 11) is 1.03. The van der Waals surface area contributed by atoms with Gasteiger partial charge in [0.1, 0.15) is 5.82 Å². The van der Waals surface area contributed by atoms with Crippen LogP contribution in [-0.4, -0.2) is 26.4 Å². The van der Waals surface area contributed by atoms with Crippen LogP contribution in [0.15, 0.2) is 12.1 Å². The molecule has 0 radical (unpaired) electrons. The van der Waals surface area contributed by atoms with Gasteiger partial charge in [-0.05, 0) is 6.07 Å². The molecule has 1 rings (SSSR count). The fourth-order valence-electron chi connectivity index (χ4n) is 1.11. The summed E-state index contributed by atoms with van der Waals surface area (Å²) in [4.78, 5) is 0.